The zero-order valence-electron chi connectivity index (χ0n) is 16.2. The maximum absolute atomic E-state index is 13.2. The van der Waals surface area contributed by atoms with Gasteiger partial charge < -0.3 is 9.42 Å². The molecule has 0 saturated carbocycles. The molecule has 0 unspecified atom stereocenters. The van der Waals surface area contributed by atoms with Gasteiger partial charge in [-0.1, -0.05) is 5.16 Å². The molecule has 2 aromatic carbocycles. The number of halogens is 1. The summed E-state index contributed by atoms with van der Waals surface area (Å²) in [5.41, 5.74) is 0.808. The minimum Gasteiger partial charge on any atom is -0.356 e. The van der Waals surface area contributed by atoms with Crippen molar-refractivity contribution in [3.05, 3.63) is 84.8 Å². The van der Waals surface area contributed by atoms with E-state index in [1.807, 2.05) is 0 Å². The van der Waals surface area contributed by atoms with Gasteiger partial charge in [-0.3, -0.25) is 25.0 Å². The lowest BCUT2D eigenvalue weighted by atomic mass is 9.99. The van der Waals surface area contributed by atoms with Gasteiger partial charge in [0.1, 0.15) is 5.82 Å². The van der Waals surface area contributed by atoms with Crippen LogP contribution in [0.5, 0.6) is 0 Å². The van der Waals surface area contributed by atoms with Crippen molar-refractivity contribution in [1.29, 1.82) is 0 Å². The van der Waals surface area contributed by atoms with Crippen LogP contribution in [-0.2, 0) is 13.0 Å². The molecule has 31 heavy (non-hydrogen) atoms. The second-order valence-electron chi connectivity index (χ2n) is 7.07. The number of nitro groups is 2. The van der Waals surface area contributed by atoms with Crippen LogP contribution in [0.15, 0.2) is 40.9 Å². The third-order valence-corrected chi connectivity index (χ3v) is 5.23. The monoisotopic (exact) mass is 426 g/mol. The molecule has 0 saturated heterocycles. The SMILES string of the molecule is Cc1c(C(=O)N2CCc3noc(-c4ccc(F)cc4)c3C2)cc([N+](=O)[O-])cc1[N+](=O)[O-]. The Morgan fingerprint density at radius 1 is 1.16 bits per heavy atom. The lowest BCUT2D eigenvalue weighted by molar-refractivity contribution is -0.394. The third-order valence-electron chi connectivity index (χ3n) is 5.23. The van der Waals surface area contributed by atoms with E-state index >= 15 is 0 Å². The van der Waals surface area contributed by atoms with Crippen LogP contribution >= 0.6 is 0 Å². The van der Waals surface area contributed by atoms with Crippen molar-refractivity contribution in [1.82, 2.24) is 10.1 Å². The molecular formula is C20H15FN4O6. The number of aromatic nitrogens is 1. The Kier molecular flexibility index (Phi) is 4.93. The Morgan fingerprint density at radius 2 is 1.87 bits per heavy atom. The smallest absolute Gasteiger partial charge is 0.279 e. The highest BCUT2D eigenvalue weighted by Gasteiger charge is 2.31. The molecule has 0 atom stereocenters. The second kappa shape index (κ2) is 7.59. The molecule has 0 N–H and O–H groups in total. The Bertz CT molecular complexity index is 1220. The number of fused-ring (bicyclic) bond motifs is 1. The zero-order valence-corrected chi connectivity index (χ0v) is 16.2. The van der Waals surface area contributed by atoms with Gasteiger partial charge in [-0.25, -0.2) is 4.39 Å². The normalized spacial score (nSPS) is 13.0. The first-order valence-corrected chi connectivity index (χ1v) is 9.22. The van der Waals surface area contributed by atoms with Gasteiger partial charge in [0, 0.05) is 35.7 Å². The molecule has 158 valence electrons. The van der Waals surface area contributed by atoms with E-state index in [4.69, 9.17) is 4.52 Å². The van der Waals surface area contributed by atoms with Gasteiger partial charge in [0.15, 0.2) is 5.76 Å². The summed E-state index contributed by atoms with van der Waals surface area (Å²) >= 11 is 0. The van der Waals surface area contributed by atoms with Crippen molar-refractivity contribution in [2.75, 3.05) is 6.54 Å². The Morgan fingerprint density at radius 3 is 2.52 bits per heavy atom. The molecule has 1 aliphatic heterocycles. The molecule has 3 aromatic rings. The molecule has 0 aliphatic carbocycles. The maximum Gasteiger partial charge on any atom is 0.279 e. The summed E-state index contributed by atoms with van der Waals surface area (Å²) in [4.78, 5) is 35.6. The molecular weight excluding hydrogens is 411 g/mol. The minimum atomic E-state index is -0.774. The number of nitrogens with zero attached hydrogens (tertiary/aromatic N) is 4. The third kappa shape index (κ3) is 3.61. The lowest BCUT2D eigenvalue weighted by Gasteiger charge is -2.27. The van der Waals surface area contributed by atoms with Crippen LogP contribution < -0.4 is 0 Å². The van der Waals surface area contributed by atoms with E-state index in [-0.39, 0.29) is 24.2 Å². The number of nitro benzene ring substituents is 2. The predicted octanol–water partition coefficient (Wildman–Crippen LogP) is 3.80. The molecule has 4 rings (SSSR count). The number of rotatable bonds is 4. The summed E-state index contributed by atoms with van der Waals surface area (Å²) in [5, 5.41) is 26.5. The number of hydrogen-bond donors (Lipinski definition) is 0. The van der Waals surface area contributed by atoms with Crippen LogP contribution in [0.4, 0.5) is 15.8 Å². The van der Waals surface area contributed by atoms with Crippen molar-refractivity contribution in [3.8, 4) is 11.3 Å². The largest absolute Gasteiger partial charge is 0.356 e. The molecule has 11 heteroatoms. The van der Waals surface area contributed by atoms with Crippen LogP contribution in [0.1, 0.15) is 27.2 Å². The molecule has 1 aromatic heterocycles. The Labute approximate surface area is 174 Å². The van der Waals surface area contributed by atoms with Gasteiger partial charge in [0.25, 0.3) is 17.3 Å². The lowest BCUT2D eigenvalue weighted by Crippen LogP contribution is -2.36. The van der Waals surface area contributed by atoms with Crippen LogP contribution in [0, 0.1) is 33.0 Å². The van der Waals surface area contributed by atoms with Crippen molar-refractivity contribution in [2.24, 2.45) is 0 Å². The Hall–Kier alpha value is -4.15. The molecule has 0 fully saturated rings. The summed E-state index contributed by atoms with van der Waals surface area (Å²) in [6.45, 7) is 1.74. The summed E-state index contributed by atoms with van der Waals surface area (Å²) in [5.74, 6) is -0.577. The Balaban J connectivity index is 1.70. The van der Waals surface area contributed by atoms with Gasteiger partial charge in [0.2, 0.25) is 0 Å². The van der Waals surface area contributed by atoms with Crippen LogP contribution in [-0.4, -0.2) is 32.4 Å². The van der Waals surface area contributed by atoms with E-state index in [0.29, 0.717) is 29.0 Å². The van der Waals surface area contributed by atoms with E-state index in [2.05, 4.69) is 5.16 Å². The molecule has 0 bridgehead atoms. The first-order valence-electron chi connectivity index (χ1n) is 9.22. The van der Waals surface area contributed by atoms with Crippen LogP contribution in [0.25, 0.3) is 11.3 Å². The molecule has 10 nitrogen and oxygen atoms in total. The second-order valence-corrected chi connectivity index (χ2v) is 7.07. The van der Waals surface area contributed by atoms with Crippen molar-refractivity contribution >= 4 is 17.3 Å². The average molecular weight is 426 g/mol. The molecule has 1 amide bonds. The fourth-order valence-electron chi connectivity index (χ4n) is 3.59. The van der Waals surface area contributed by atoms with Crippen LogP contribution in [0.2, 0.25) is 0 Å². The van der Waals surface area contributed by atoms with Gasteiger partial charge >= 0.3 is 0 Å². The van der Waals surface area contributed by atoms with E-state index in [0.717, 1.165) is 12.1 Å². The van der Waals surface area contributed by atoms with Gasteiger partial charge in [0.05, 0.1) is 33.7 Å². The molecule has 2 heterocycles. The number of benzene rings is 2. The summed E-state index contributed by atoms with van der Waals surface area (Å²) < 4.78 is 18.7. The highest BCUT2D eigenvalue weighted by Crippen LogP contribution is 2.33. The molecule has 1 aliphatic rings. The number of non-ortho nitro benzene ring substituents is 1. The molecule has 0 spiro atoms. The van der Waals surface area contributed by atoms with E-state index in [9.17, 15) is 29.4 Å². The fourth-order valence-corrected chi connectivity index (χ4v) is 3.59. The van der Waals surface area contributed by atoms with E-state index < -0.39 is 32.9 Å². The maximum atomic E-state index is 13.2. The summed E-state index contributed by atoms with van der Waals surface area (Å²) in [6.07, 6.45) is 0.377. The number of carbonyl (C=O) groups excluding carboxylic acids is 1. The quantitative estimate of drug-likeness (QED) is 0.458. The number of carbonyl (C=O) groups is 1. The van der Waals surface area contributed by atoms with Gasteiger partial charge in [-0.2, -0.15) is 0 Å². The summed E-state index contributed by atoms with van der Waals surface area (Å²) in [6, 6.07) is 7.51. The van der Waals surface area contributed by atoms with Crippen molar-refractivity contribution in [2.45, 2.75) is 19.9 Å². The standard InChI is InChI=1S/C20H15FN4O6/c1-11-15(8-14(24(27)28)9-18(11)25(29)30)20(26)23-7-6-17-16(10-23)19(31-22-17)12-2-4-13(21)5-3-12/h2-5,8-9H,6-7,10H2,1H3. The van der Waals surface area contributed by atoms with E-state index in [1.165, 1.54) is 36.1 Å². The first-order chi connectivity index (χ1) is 14.8. The first kappa shape index (κ1) is 20.1. The average Bonchev–Trinajstić information content (AvgIpc) is 3.16. The van der Waals surface area contributed by atoms with Crippen LogP contribution in [0.3, 0.4) is 0 Å². The summed E-state index contributed by atoms with van der Waals surface area (Å²) in [7, 11) is 0. The predicted molar refractivity (Wildman–Crippen MR) is 105 cm³/mol. The van der Waals surface area contributed by atoms with Crippen molar-refractivity contribution < 1.29 is 23.6 Å². The van der Waals surface area contributed by atoms with Gasteiger partial charge in [-0.15, -0.1) is 0 Å². The van der Waals surface area contributed by atoms with E-state index in [1.54, 1.807) is 0 Å². The fraction of sp³-hybridized carbons (Fsp3) is 0.200. The highest BCUT2D eigenvalue weighted by atomic mass is 19.1. The highest BCUT2D eigenvalue weighted by molar-refractivity contribution is 5.97. The topological polar surface area (TPSA) is 133 Å². The van der Waals surface area contributed by atoms with Crippen molar-refractivity contribution in [3.63, 3.8) is 0 Å². The van der Waals surface area contributed by atoms with Gasteiger partial charge in [-0.05, 0) is 31.2 Å². The zero-order chi connectivity index (χ0) is 22.3. The minimum absolute atomic E-state index is 0.0514. The number of amides is 1. The molecule has 0 radical (unpaired) electrons. The number of hydrogen-bond acceptors (Lipinski definition) is 7.